The molecule has 126 valence electrons. The molecule has 2 amide bonds. The summed E-state index contributed by atoms with van der Waals surface area (Å²) in [6.45, 7) is 2.09. The van der Waals surface area contributed by atoms with Gasteiger partial charge in [-0.2, -0.15) is 13.2 Å². The molecule has 0 radical (unpaired) electrons. The number of amides is 2. The van der Waals surface area contributed by atoms with Crippen molar-refractivity contribution in [2.45, 2.75) is 32.0 Å². The van der Waals surface area contributed by atoms with E-state index >= 15 is 0 Å². The van der Waals surface area contributed by atoms with Crippen molar-refractivity contribution in [3.8, 4) is 0 Å². The monoisotopic (exact) mass is 330 g/mol. The molecule has 1 fully saturated rings. The fraction of sp³-hybridized carbons (Fsp3) is 0.467. The van der Waals surface area contributed by atoms with Gasteiger partial charge in [-0.05, 0) is 24.6 Å². The first-order valence-electron chi connectivity index (χ1n) is 7.23. The highest BCUT2D eigenvalue weighted by Crippen LogP contribution is 2.32. The van der Waals surface area contributed by atoms with Crippen molar-refractivity contribution in [1.82, 2.24) is 5.32 Å². The van der Waals surface area contributed by atoms with Crippen LogP contribution in [0.2, 0.25) is 0 Å². The summed E-state index contributed by atoms with van der Waals surface area (Å²) in [7, 11) is 0. The zero-order valence-electron chi connectivity index (χ0n) is 12.5. The molecule has 8 heteroatoms. The third kappa shape index (κ3) is 4.37. The maximum Gasteiger partial charge on any atom is 0.416 e. The third-order valence-corrected chi connectivity index (χ3v) is 3.36. The fourth-order valence-corrected chi connectivity index (χ4v) is 2.23. The molecular formula is C15H17F3N2O3. The number of ether oxygens (including phenoxy) is 1. The fourth-order valence-electron chi connectivity index (χ4n) is 2.23. The first-order valence-corrected chi connectivity index (χ1v) is 7.23. The van der Waals surface area contributed by atoms with E-state index in [9.17, 15) is 22.8 Å². The van der Waals surface area contributed by atoms with Crippen LogP contribution < -0.4 is 10.2 Å². The van der Waals surface area contributed by atoms with Gasteiger partial charge in [0.2, 0.25) is 5.91 Å². The van der Waals surface area contributed by atoms with Crippen LogP contribution in [0, 0.1) is 0 Å². The van der Waals surface area contributed by atoms with E-state index in [4.69, 9.17) is 4.74 Å². The van der Waals surface area contributed by atoms with Crippen LogP contribution in [0.3, 0.4) is 0 Å². The average molecular weight is 330 g/mol. The van der Waals surface area contributed by atoms with Crippen LogP contribution in [-0.2, 0) is 15.7 Å². The summed E-state index contributed by atoms with van der Waals surface area (Å²) in [5, 5.41) is 2.63. The lowest BCUT2D eigenvalue weighted by atomic mass is 10.2. The molecule has 1 aromatic rings. The van der Waals surface area contributed by atoms with E-state index in [1.54, 1.807) is 0 Å². The first-order chi connectivity index (χ1) is 10.8. The number of carbonyl (C=O) groups is 2. The normalized spacial score (nSPS) is 18.0. The number of alkyl halides is 3. The maximum absolute atomic E-state index is 12.7. The van der Waals surface area contributed by atoms with Gasteiger partial charge in [0.25, 0.3) is 0 Å². The van der Waals surface area contributed by atoms with Gasteiger partial charge in [0.05, 0.1) is 18.7 Å². The van der Waals surface area contributed by atoms with Crippen LogP contribution in [0.15, 0.2) is 24.3 Å². The van der Waals surface area contributed by atoms with Crippen LogP contribution in [0.4, 0.5) is 23.7 Å². The Balaban J connectivity index is 2.02. The average Bonchev–Trinajstić information content (AvgIpc) is 2.86. The second-order valence-corrected chi connectivity index (χ2v) is 5.22. The highest BCUT2D eigenvalue weighted by Gasteiger charge is 2.35. The predicted molar refractivity (Wildman–Crippen MR) is 77.0 cm³/mol. The molecule has 0 spiro atoms. The van der Waals surface area contributed by atoms with Gasteiger partial charge in [-0.1, -0.05) is 13.0 Å². The SMILES string of the molecule is CCCC(=O)NCC1CN(c2cccc(C(F)(F)F)c2)C(=O)O1. The van der Waals surface area contributed by atoms with Crippen molar-refractivity contribution in [1.29, 1.82) is 0 Å². The number of benzene rings is 1. The molecule has 1 aromatic carbocycles. The topological polar surface area (TPSA) is 58.6 Å². The van der Waals surface area contributed by atoms with Crippen molar-refractivity contribution in [2.75, 3.05) is 18.0 Å². The minimum absolute atomic E-state index is 0.0898. The van der Waals surface area contributed by atoms with E-state index in [2.05, 4.69) is 5.32 Å². The van der Waals surface area contributed by atoms with E-state index in [0.717, 1.165) is 17.0 Å². The summed E-state index contributed by atoms with van der Waals surface area (Å²) in [5.74, 6) is -0.152. The highest BCUT2D eigenvalue weighted by molar-refractivity contribution is 5.90. The quantitative estimate of drug-likeness (QED) is 0.903. The van der Waals surface area contributed by atoms with Gasteiger partial charge in [0, 0.05) is 12.1 Å². The van der Waals surface area contributed by atoms with Gasteiger partial charge >= 0.3 is 12.3 Å². The second kappa shape index (κ2) is 6.89. The summed E-state index contributed by atoms with van der Waals surface area (Å²) >= 11 is 0. The number of cyclic esters (lactones) is 1. The van der Waals surface area contributed by atoms with Crippen molar-refractivity contribution in [3.05, 3.63) is 29.8 Å². The summed E-state index contributed by atoms with van der Waals surface area (Å²) in [4.78, 5) is 24.4. The van der Waals surface area contributed by atoms with Crippen molar-refractivity contribution in [2.24, 2.45) is 0 Å². The molecule has 1 aliphatic heterocycles. The Kier molecular flexibility index (Phi) is 5.12. The number of hydrogen-bond acceptors (Lipinski definition) is 3. The van der Waals surface area contributed by atoms with Crippen molar-refractivity contribution < 1.29 is 27.5 Å². The Labute approximate surface area is 131 Å². The smallest absolute Gasteiger partial charge is 0.416 e. The minimum atomic E-state index is -4.48. The van der Waals surface area contributed by atoms with Crippen LogP contribution >= 0.6 is 0 Å². The number of carbonyl (C=O) groups excluding carboxylic acids is 2. The zero-order valence-corrected chi connectivity index (χ0v) is 12.5. The Morgan fingerprint density at radius 2 is 2.17 bits per heavy atom. The van der Waals surface area contributed by atoms with Gasteiger partial charge in [0.15, 0.2) is 0 Å². The number of anilines is 1. The van der Waals surface area contributed by atoms with Gasteiger partial charge in [-0.25, -0.2) is 4.79 Å². The summed E-state index contributed by atoms with van der Waals surface area (Å²) in [5.41, 5.74) is -0.713. The summed E-state index contributed by atoms with van der Waals surface area (Å²) in [6, 6.07) is 4.49. The molecule has 1 aliphatic rings. The molecule has 0 bridgehead atoms. The number of nitrogens with zero attached hydrogens (tertiary/aromatic N) is 1. The predicted octanol–water partition coefficient (Wildman–Crippen LogP) is 2.95. The van der Waals surface area contributed by atoms with Crippen LogP contribution in [0.5, 0.6) is 0 Å². The minimum Gasteiger partial charge on any atom is -0.442 e. The molecule has 1 unspecified atom stereocenters. The summed E-state index contributed by atoms with van der Waals surface area (Å²) < 4.78 is 43.3. The molecule has 0 saturated carbocycles. The van der Waals surface area contributed by atoms with Gasteiger partial charge in [0.1, 0.15) is 6.10 Å². The van der Waals surface area contributed by atoms with Crippen LogP contribution in [-0.4, -0.2) is 31.2 Å². The number of rotatable bonds is 5. The molecule has 5 nitrogen and oxygen atoms in total. The van der Waals surface area contributed by atoms with E-state index in [1.165, 1.54) is 12.1 Å². The molecule has 1 saturated heterocycles. The van der Waals surface area contributed by atoms with Gasteiger partial charge in [-0.15, -0.1) is 0 Å². The van der Waals surface area contributed by atoms with Gasteiger partial charge < -0.3 is 10.1 Å². The molecule has 1 heterocycles. The number of nitrogens with one attached hydrogen (secondary N) is 1. The lowest BCUT2D eigenvalue weighted by molar-refractivity contribution is -0.137. The Morgan fingerprint density at radius 1 is 1.43 bits per heavy atom. The van der Waals surface area contributed by atoms with Crippen molar-refractivity contribution in [3.63, 3.8) is 0 Å². The van der Waals surface area contributed by atoms with Gasteiger partial charge in [-0.3, -0.25) is 9.69 Å². The van der Waals surface area contributed by atoms with Crippen molar-refractivity contribution >= 4 is 17.7 Å². The molecule has 0 aliphatic carbocycles. The number of hydrogen-bond donors (Lipinski definition) is 1. The van der Waals surface area contributed by atoms with Crippen LogP contribution in [0.25, 0.3) is 0 Å². The summed E-state index contributed by atoms with van der Waals surface area (Å²) in [6.07, 6.45) is -4.71. The molecule has 0 aromatic heterocycles. The second-order valence-electron chi connectivity index (χ2n) is 5.22. The van der Waals surface area contributed by atoms with E-state index in [0.29, 0.717) is 12.8 Å². The van der Waals surface area contributed by atoms with E-state index in [1.807, 2.05) is 6.92 Å². The maximum atomic E-state index is 12.7. The molecule has 2 rings (SSSR count). The Morgan fingerprint density at radius 3 is 2.83 bits per heavy atom. The highest BCUT2D eigenvalue weighted by atomic mass is 19.4. The molecule has 1 atom stereocenters. The molecule has 1 N–H and O–H groups in total. The first kappa shape index (κ1) is 17.1. The molecular weight excluding hydrogens is 313 g/mol. The third-order valence-electron chi connectivity index (χ3n) is 3.36. The van der Waals surface area contributed by atoms with E-state index in [-0.39, 0.29) is 24.7 Å². The standard InChI is InChI=1S/C15H17F3N2O3/c1-2-4-13(21)19-8-12-9-20(14(22)23-12)11-6-3-5-10(7-11)15(16,17)18/h3,5-7,12H,2,4,8-9H2,1H3,(H,19,21). The zero-order chi connectivity index (χ0) is 17.0. The lowest BCUT2D eigenvalue weighted by Gasteiger charge is -2.15. The largest absolute Gasteiger partial charge is 0.442 e. The number of halogens is 3. The Hall–Kier alpha value is -2.25. The Bertz CT molecular complexity index is 590. The van der Waals surface area contributed by atoms with E-state index < -0.39 is 23.9 Å². The molecule has 23 heavy (non-hydrogen) atoms. The van der Waals surface area contributed by atoms with Crippen LogP contribution in [0.1, 0.15) is 25.3 Å². The lowest BCUT2D eigenvalue weighted by Crippen LogP contribution is -2.34.